The maximum absolute atomic E-state index is 12.2. The number of alkyl halides is 1. The van der Waals surface area contributed by atoms with E-state index < -0.39 is 12.6 Å². The lowest BCUT2D eigenvalue weighted by molar-refractivity contribution is 0.100. The molecule has 0 radical (unpaired) electrons. The number of hydrogen-bond acceptors (Lipinski definition) is 1. The van der Waals surface area contributed by atoms with Gasteiger partial charge in [-0.2, -0.15) is 0 Å². The number of carbonyl (C=O) groups is 1. The molecule has 2 aromatic rings. The maximum Gasteiger partial charge on any atom is 0.248 e. The first-order valence-electron chi connectivity index (χ1n) is 4.67. The van der Waals surface area contributed by atoms with Crippen LogP contribution in [0.25, 0.3) is 10.9 Å². The third-order valence-corrected chi connectivity index (χ3v) is 2.38. The molecule has 0 saturated carbocycles. The summed E-state index contributed by atoms with van der Waals surface area (Å²) in [5, 5.41) is 0.903. The monoisotopic (exact) mass is 206 g/mol. The van der Waals surface area contributed by atoms with Crippen molar-refractivity contribution in [2.45, 2.75) is 6.54 Å². The first-order valence-corrected chi connectivity index (χ1v) is 4.67. The molecule has 0 aliphatic carbocycles. The van der Waals surface area contributed by atoms with Gasteiger partial charge in [-0.15, -0.1) is 0 Å². The number of nitrogens with zero attached hydrogens (tertiary/aromatic N) is 1. The van der Waals surface area contributed by atoms with Gasteiger partial charge < -0.3 is 10.3 Å². The van der Waals surface area contributed by atoms with Crippen LogP contribution in [0.2, 0.25) is 0 Å². The Morgan fingerprint density at radius 3 is 2.87 bits per heavy atom. The van der Waals surface area contributed by atoms with Crippen LogP contribution >= 0.6 is 0 Å². The molecule has 0 bridgehead atoms. The lowest BCUT2D eigenvalue weighted by Gasteiger charge is -2.02. The van der Waals surface area contributed by atoms with Crippen molar-refractivity contribution in [2.24, 2.45) is 5.73 Å². The van der Waals surface area contributed by atoms with Crippen molar-refractivity contribution in [3.8, 4) is 0 Å². The van der Waals surface area contributed by atoms with Crippen molar-refractivity contribution in [2.75, 3.05) is 6.67 Å². The van der Waals surface area contributed by atoms with Gasteiger partial charge in [0.25, 0.3) is 0 Å². The second-order valence-corrected chi connectivity index (χ2v) is 3.34. The molecule has 2 N–H and O–H groups in total. The molecule has 1 aromatic heterocycles. The zero-order valence-electron chi connectivity index (χ0n) is 8.11. The number of halogens is 1. The average Bonchev–Trinajstić information content (AvgIpc) is 2.61. The normalized spacial score (nSPS) is 10.7. The number of hydrogen-bond donors (Lipinski definition) is 1. The summed E-state index contributed by atoms with van der Waals surface area (Å²) in [5.74, 6) is -0.449. The van der Waals surface area contributed by atoms with Crippen LogP contribution in [0.3, 0.4) is 0 Å². The van der Waals surface area contributed by atoms with Crippen LogP contribution in [0.1, 0.15) is 10.4 Å². The Balaban J connectivity index is 2.51. The molecule has 1 aromatic carbocycles. The fourth-order valence-corrected chi connectivity index (χ4v) is 1.64. The highest BCUT2D eigenvalue weighted by Crippen LogP contribution is 2.17. The molecule has 0 saturated heterocycles. The third-order valence-electron chi connectivity index (χ3n) is 2.38. The van der Waals surface area contributed by atoms with E-state index in [0.29, 0.717) is 12.1 Å². The highest BCUT2D eigenvalue weighted by molar-refractivity contribution is 5.97. The fourth-order valence-electron chi connectivity index (χ4n) is 1.64. The average molecular weight is 206 g/mol. The third kappa shape index (κ3) is 1.70. The van der Waals surface area contributed by atoms with Crippen molar-refractivity contribution in [1.82, 2.24) is 4.57 Å². The summed E-state index contributed by atoms with van der Waals surface area (Å²) in [7, 11) is 0. The van der Waals surface area contributed by atoms with Crippen molar-refractivity contribution in [3.63, 3.8) is 0 Å². The zero-order valence-corrected chi connectivity index (χ0v) is 8.11. The van der Waals surface area contributed by atoms with Crippen LogP contribution in [0.4, 0.5) is 4.39 Å². The Bertz CT molecular complexity index is 504. The van der Waals surface area contributed by atoms with Crippen molar-refractivity contribution >= 4 is 16.8 Å². The van der Waals surface area contributed by atoms with E-state index in [4.69, 9.17) is 5.73 Å². The standard InChI is InChI=1S/C11H11FN2O/c12-4-6-14-5-3-8-7-9(11(13)15)1-2-10(8)14/h1-3,5,7H,4,6H2,(H2,13,15). The number of aryl methyl sites for hydroxylation is 1. The number of benzene rings is 1. The number of amides is 1. The minimum atomic E-state index is -0.449. The van der Waals surface area contributed by atoms with Crippen LogP contribution in [0.15, 0.2) is 30.5 Å². The maximum atomic E-state index is 12.2. The molecule has 0 aliphatic heterocycles. The van der Waals surface area contributed by atoms with Crippen LogP contribution in [0, 0.1) is 0 Å². The lowest BCUT2D eigenvalue weighted by atomic mass is 10.1. The van der Waals surface area contributed by atoms with Crippen molar-refractivity contribution in [1.29, 1.82) is 0 Å². The molecule has 15 heavy (non-hydrogen) atoms. The molecule has 1 amide bonds. The van der Waals surface area contributed by atoms with Gasteiger partial charge in [-0.05, 0) is 24.3 Å². The van der Waals surface area contributed by atoms with Gasteiger partial charge in [0.1, 0.15) is 6.67 Å². The second-order valence-electron chi connectivity index (χ2n) is 3.34. The van der Waals surface area contributed by atoms with Crippen LogP contribution < -0.4 is 5.73 Å². The molecule has 0 spiro atoms. The van der Waals surface area contributed by atoms with E-state index in [2.05, 4.69) is 0 Å². The summed E-state index contributed by atoms with van der Waals surface area (Å²) in [6.07, 6.45) is 1.80. The second kappa shape index (κ2) is 3.73. The van der Waals surface area contributed by atoms with E-state index in [1.54, 1.807) is 29.0 Å². The predicted molar refractivity (Wildman–Crippen MR) is 56.4 cm³/mol. The van der Waals surface area contributed by atoms with Gasteiger partial charge in [-0.3, -0.25) is 4.79 Å². The van der Waals surface area contributed by atoms with E-state index >= 15 is 0 Å². The molecular weight excluding hydrogens is 195 g/mol. The van der Waals surface area contributed by atoms with Crippen molar-refractivity contribution < 1.29 is 9.18 Å². The number of rotatable bonds is 3. The van der Waals surface area contributed by atoms with Crippen LogP contribution in [-0.4, -0.2) is 17.1 Å². The number of fused-ring (bicyclic) bond motifs is 1. The quantitative estimate of drug-likeness (QED) is 0.816. The number of primary amides is 1. The molecule has 0 unspecified atom stereocenters. The molecule has 0 atom stereocenters. The van der Waals surface area contributed by atoms with Gasteiger partial charge in [0, 0.05) is 22.7 Å². The molecule has 3 nitrogen and oxygen atoms in total. The highest BCUT2D eigenvalue weighted by Gasteiger charge is 2.04. The Hall–Kier alpha value is -1.84. The first kappa shape index (κ1) is 9.71. The Morgan fingerprint density at radius 1 is 1.40 bits per heavy atom. The van der Waals surface area contributed by atoms with E-state index in [9.17, 15) is 9.18 Å². The van der Waals surface area contributed by atoms with E-state index in [0.717, 1.165) is 10.9 Å². The summed E-state index contributed by atoms with van der Waals surface area (Å²) in [6.45, 7) is -0.0687. The zero-order chi connectivity index (χ0) is 10.8. The molecule has 4 heteroatoms. The number of nitrogens with two attached hydrogens (primary N) is 1. The number of carbonyl (C=O) groups excluding carboxylic acids is 1. The summed E-state index contributed by atoms with van der Waals surface area (Å²) in [5.41, 5.74) is 6.55. The smallest absolute Gasteiger partial charge is 0.248 e. The lowest BCUT2D eigenvalue weighted by Crippen LogP contribution is -2.10. The van der Waals surface area contributed by atoms with Gasteiger partial charge in [0.05, 0.1) is 6.54 Å². The Kier molecular flexibility index (Phi) is 2.41. The van der Waals surface area contributed by atoms with Crippen molar-refractivity contribution in [3.05, 3.63) is 36.0 Å². The van der Waals surface area contributed by atoms with E-state index in [1.807, 2.05) is 6.07 Å². The Labute approximate surface area is 86.3 Å². The van der Waals surface area contributed by atoms with Gasteiger partial charge >= 0.3 is 0 Å². The molecule has 0 aliphatic rings. The summed E-state index contributed by atoms with van der Waals surface area (Å²) in [6, 6.07) is 6.99. The summed E-state index contributed by atoms with van der Waals surface area (Å²) < 4.78 is 14.0. The first-order chi connectivity index (χ1) is 7.22. The van der Waals surface area contributed by atoms with Gasteiger partial charge in [-0.1, -0.05) is 0 Å². The SMILES string of the molecule is NC(=O)c1ccc2c(ccn2CCF)c1. The molecule has 0 fully saturated rings. The molecule has 1 heterocycles. The topological polar surface area (TPSA) is 48.0 Å². The van der Waals surface area contributed by atoms with Gasteiger partial charge in [0.2, 0.25) is 5.91 Å². The molecule has 2 rings (SSSR count). The minimum Gasteiger partial charge on any atom is -0.366 e. The summed E-state index contributed by atoms with van der Waals surface area (Å²) in [4.78, 5) is 10.9. The van der Waals surface area contributed by atoms with E-state index in [-0.39, 0.29) is 0 Å². The van der Waals surface area contributed by atoms with Gasteiger partial charge in [-0.25, -0.2) is 4.39 Å². The largest absolute Gasteiger partial charge is 0.366 e. The van der Waals surface area contributed by atoms with Gasteiger partial charge in [0.15, 0.2) is 0 Å². The number of aromatic nitrogens is 1. The molecule has 78 valence electrons. The highest BCUT2D eigenvalue weighted by atomic mass is 19.1. The molecular formula is C11H11FN2O. The van der Waals surface area contributed by atoms with Crippen LogP contribution in [0.5, 0.6) is 0 Å². The van der Waals surface area contributed by atoms with E-state index in [1.165, 1.54) is 0 Å². The Morgan fingerprint density at radius 2 is 2.20 bits per heavy atom. The van der Waals surface area contributed by atoms with Crippen LogP contribution in [-0.2, 0) is 6.54 Å². The summed E-state index contributed by atoms with van der Waals surface area (Å²) >= 11 is 0. The predicted octanol–water partition coefficient (Wildman–Crippen LogP) is 1.71. The fraction of sp³-hybridized carbons (Fsp3) is 0.182. The minimum absolute atomic E-state index is 0.333.